The quantitative estimate of drug-likeness (QED) is 0.116. The van der Waals surface area contributed by atoms with Crippen LogP contribution in [0.1, 0.15) is 0 Å². The highest BCUT2D eigenvalue weighted by Crippen LogP contribution is 2.10. The van der Waals surface area contributed by atoms with E-state index < -0.39 is 62.0 Å². The van der Waals surface area contributed by atoms with Crippen molar-refractivity contribution in [2.24, 2.45) is 5.73 Å². The first-order valence-corrected chi connectivity index (χ1v) is 8.19. The van der Waals surface area contributed by atoms with E-state index in [0.29, 0.717) is 0 Å². The van der Waals surface area contributed by atoms with Crippen LogP contribution >= 0.6 is 24.8 Å². The number of hydrogen-bond donors (Lipinski definition) is 11. The molecule has 0 amide bonds. The maximum atomic E-state index is 9.96. The van der Waals surface area contributed by atoms with Gasteiger partial charge in [-0.05, 0) is 0 Å². The molecule has 0 saturated heterocycles. The van der Waals surface area contributed by atoms with Crippen LogP contribution in [0, 0.1) is 0 Å². The predicted octanol–water partition coefficient (Wildman–Crippen LogP) is -6.04. The molecule has 0 aliphatic carbocycles. The van der Waals surface area contributed by atoms with Gasteiger partial charge in [0.25, 0.3) is 0 Å². The smallest absolute Gasteiger partial charge is 0.111 e. The maximum absolute atomic E-state index is 9.96. The number of aliphatic hydroxyl groups is 10. The molecule has 0 aromatic heterocycles. The summed E-state index contributed by atoms with van der Waals surface area (Å²) in [5.74, 6) is 0. The molecule has 8 atom stereocenters. The molecule has 0 radical (unpaired) electrons. The monoisotopic (exact) mass is 460 g/mol. The van der Waals surface area contributed by atoms with Crippen LogP contribution in [0.4, 0.5) is 0 Å². The standard InChI is InChI=1S/C14H32N2O10.2ClH/c15-1-2-16(3-7(19)11(23)13(25)9(21)5-17)4-8(20)12(24)14(26)10(22)6-18;;/h7-14,17-26H,1-6,15H2;2*1H. The lowest BCUT2D eigenvalue weighted by Gasteiger charge is -2.33. The average Bonchev–Trinajstić information content (AvgIpc) is 2.63. The second-order valence-corrected chi connectivity index (χ2v) is 6.15. The fourth-order valence-electron chi connectivity index (χ4n) is 2.31. The summed E-state index contributed by atoms with van der Waals surface area (Å²) < 4.78 is 0. The van der Waals surface area contributed by atoms with Crippen molar-refractivity contribution in [2.45, 2.75) is 48.8 Å². The van der Waals surface area contributed by atoms with Crippen LogP contribution in [-0.2, 0) is 0 Å². The first kappa shape index (κ1) is 32.8. The normalized spacial score (nSPS) is 20.1. The summed E-state index contributed by atoms with van der Waals surface area (Å²) in [6, 6.07) is 0. The third-order valence-corrected chi connectivity index (χ3v) is 3.99. The van der Waals surface area contributed by atoms with Gasteiger partial charge in [-0.3, -0.25) is 4.90 Å². The number of hydrogen-bond acceptors (Lipinski definition) is 12. The fraction of sp³-hybridized carbons (Fsp3) is 1.00. The minimum Gasteiger partial charge on any atom is -0.394 e. The Hall–Kier alpha value is 0.100. The van der Waals surface area contributed by atoms with E-state index in [1.54, 1.807) is 0 Å². The largest absolute Gasteiger partial charge is 0.394 e. The molecular weight excluding hydrogens is 427 g/mol. The van der Waals surface area contributed by atoms with Crippen LogP contribution in [0.5, 0.6) is 0 Å². The summed E-state index contributed by atoms with van der Waals surface area (Å²) in [5, 5.41) is 94.8. The number of halogens is 2. The van der Waals surface area contributed by atoms with Gasteiger partial charge in [0.05, 0.1) is 25.4 Å². The molecule has 0 spiro atoms. The van der Waals surface area contributed by atoms with Crippen molar-refractivity contribution >= 4 is 24.8 Å². The van der Waals surface area contributed by atoms with E-state index in [4.69, 9.17) is 15.9 Å². The summed E-state index contributed by atoms with van der Waals surface area (Å²) in [6.07, 6.45) is -13.7. The molecule has 0 rings (SSSR count). The Kier molecular flexibility index (Phi) is 19.7. The van der Waals surface area contributed by atoms with Crippen molar-refractivity contribution in [1.82, 2.24) is 4.90 Å². The Morgan fingerprint density at radius 1 is 0.571 bits per heavy atom. The van der Waals surface area contributed by atoms with E-state index in [-0.39, 0.29) is 51.0 Å². The highest BCUT2D eigenvalue weighted by Gasteiger charge is 2.34. The Morgan fingerprint density at radius 2 is 0.857 bits per heavy atom. The Labute approximate surface area is 175 Å². The van der Waals surface area contributed by atoms with E-state index >= 15 is 0 Å². The van der Waals surface area contributed by atoms with Gasteiger partial charge < -0.3 is 56.8 Å². The maximum Gasteiger partial charge on any atom is 0.111 e. The lowest BCUT2D eigenvalue weighted by atomic mass is 10.0. The van der Waals surface area contributed by atoms with Crippen LogP contribution in [0.3, 0.4) is 0 Å². The zero-order valence-electron chi connectivity index (χ0n) is 15.2. The van der Waals surface area contributed by atoms with Crippen molar-refractivity contribution in [3.05, 3.63) is 0 Å². The van der Waals surface area contributed by atoms with Crippen molar-refractivity contribution in [2.75, 3.05) is 39.4 Å². The van der Waals surface area contributed by atoms with Crippen molar-refractivity contribution in [3.8, 4) is 0 Å². The summed E-state index contributed by atoms with van der Waals surface area (Å²) in [4.78, 5) is 1.32. The third kappa shape index (κ3) is 10.8. The lowest BCUT2D eigenvalue weighted by Crippen LogP contribution is -2.53. The van der Waals surface area contributed by atoms with Crippen LogP contribution in [0.15, 0.2) is 0 Å². The third-order valence-electron chi connectivity index (χ3n) is 3.99. The molecule has 0 aromatic carbocycles. The van der Waals surface area contributed by atoms with Crippen molar-refractivity contribution < 1.29 is 51.1 Å². The second kappa shape index (κ2) is 16.8. The number of rotatable bonds is 14. The van der Waals surface area contributed by atoms with Gasteiger partial charge in [-0.15, -0.1) is 24.8 Å². The molecule has 174 valence electrons. The summed E-state index contributed by atoms with van der Waals surface area (Å²) >= 11 is 0. The van der Waals surface area contributed by atoms with E-state index in [0.717, 1.165) is 0 Å². The Balaban J connectivity index is -0.00000312. The van der Waals surface area contributed by atoms with Gasteiger partial charge in [-0.2, -0.15) is 0 Å². The molecule has 28 heavy (non-hydrogen) atoms. The minimum absolute atomic E-state index is 0. The lowest BCUT2D eigenvalue weighted by molar-refractivity contribution is -0.130. The Morgan fingerprint density at radius 3 is 1.11 bits per heavy atom. The summed E-state index contributed by atoms with van der Waals surface area (Å²) in [7, 11) is 0. The molecule has 8 unspecified atom stereocenters. The molecule has 0 bridgehead atoms. The molecule has 14 heteroatoms. The molecule has 0 aliphatic heterocycles. The van der Waals surface area contributed by atoms with Crippen LogP contribution < -0.4 is 5.73 Å². The minimum atomic E-state index is -1.81. The van der Waals surface area contributed by atoms with Gasteiger partial charge in [-0.25, -0.2) is 0 Å². The number of nitrogens with zero attached hydrogens (tertiary/aromatic N) is 1. The first-order chi connectivity index (χ1) is 12.1. The highest BCUT2D eigenvalue weighted by atomic mass is 35.5. The molecule has 0 heterocycles. The summed E-state index contributed by atoms with van der Waals surface area (Å²) in [5.41, 5.74) is 5.42. The summed E-state index contributed by atoms with van der Waals surface area (Å²) in [6.45, 7) is -2.12. The van der Waals surface area contributed by atoms with E-state index in [1.807, 2.05) is 0 Å². The SMILES string of the molecule is Cl.Cl.NCCN(CC(O)C(O)C(O)C(O)CO)CC(O)C(O)C(O)C(O)CO. The molecule has 0 fully saturated rings. The van der Waals surface area contributed by atoms with Gasteiger partial charge >= 0.3 is 0 Å². The van der Waals surface area contributed by atoms with E-state index in [9.17, 15) is 40.9 Å². The molecule has 0 saturated carbocycles. The van der Waals surface area contributed by atoms with Gasteiger partial charge in [0.2, 0.25) is 0 Å². The van der Waals surface area contributed by atoms with Gasteiger partial charge in [0.1, 0.15) is 36.6 Å². The van der Waals surface area contributed by atoms with Gasteiger partial charge in [-0.1, -0.05) is 0 Å². The topological polar surface area (TPSA) is 232 Å². The van der Waals surface area contributed by atoms with Crippen LogP contribution in [0.25, 0.3) is 0 Å². The van der Waals surface area contributed by atoms with E-state index in [2.05, 4.69) is 0 Å². The first-order valence-electron chi connectivity index (χ1n) is 8.19. The zero-order chi connectivity index (χ0) is 20.4. The number of nitrogens with two attached hydrogens (primary N) is 1. The van der Waals surface area contributed by atoms with Crippen molar-refractivity contribution in [3.63, 3.8) is 0 Å². The van der Waals surface area contributed by atoms with Crippen LogP contribution in [0.2, 0.25) is 0 Å². The number of aliphatic hydroxyl groups excluding tert-OH is 10. The van der Waals surface area contributed by atoms with Gasteiger partial charge in [0.15, 0.2) is 0 Å². The van der Waals surface area contributed by atoms with E-state index in [1.165, 1.54) is 4.90 Å². The highest BCUT2D eigenvalue weighted by molar-refractivity contribution is 5.85. The molecule has 0 aromatic rings. The molecule has 0 aliphatic rings. The van der Waals surface area contributed by atoms with Crippen molar-refractivity contribution in [1.29, 1.82) is 0 Å². The second-order valence-electron chi connectivity index (χ2n) is 6.15. The molecular formula is C14H34Cl2N2O10. The Bertz CT molecular complexity index is 347. The van der Waals surface area contributed by atoms with Crippen LogP contribution in [-0.4, -0.2) is 144 Å². The molecule has 12 N–H and O–H groups in total. The fourth-order valence-corrected chi connectivity index (χ4v) is 2.31. The van der Waals surface area contributed by atoms with Gasteiger partial charge in [0, 0.05) is 26.2 Å². The average molecular weight is 461 g/mol. The zero-order valence-corrected chi connectivity index (χ0v) is 16.8. The predicted molar refractivity (Wildman–Crippen MR) is 102 cm³/mol. The molecule has 12 nitrogen and oxygen atoms in total.